The lowest BCUT2D eigenvalue weighted by Gasteiger charge is -2.30. The largest absolute Gasteiger partial charge is 0.396 e. The minimum absolute atomic E-state index is 0.106. The van der Waals surface area contributed by atoms with Crippen LogP contribution in [0.2, 0.25) is 0 Å². The Kier molecular flexibility index (Phi) is 2.37. The number of H-pyrrole nitrogens is 1. The number of aromatic amines is 1. The van der Waals surface area contributed by atoms with E-state index in [-0.39, 0.29) is 12.0 Å². The maximum atomic E-state index is 9.43. The number of aliphatic hydroxyl groups excluding tert-OH is 1. The number of aliphatic hydroxyl groups is 1. The molecule has 1 aromatic heterocycles. The van der Waals surface area contributed by atoms with Crippen LogP contribution in [0.1, 0.15) is 24.6 Å². The van der Waals surface area contributed by atoms with E-state index < -0.39 is 0 Å². The molecule has 0 amide bonds. The van der Waals surface area contributed by atoms with Gasteiger partial charge < -0.3 is 15.0 Å². The molecule has 1 saturated carbocycles. The highest BCUT2D eigenvalue weighted by Crippen LogP contribution is 2.55. The first-order valence-electron chi connectivity index (χ1n) is 5.10. The Labute approximate surface area is 84.7 Å². The molecule has 1 unspecified atom stereocenters. The van der Waals surface area contributed by atoms with Crippen LogP contribution in [0.15, 0.2) is 18.3 Å². The lowest BCUT2D eigenvalue weighted by atomic mass is 9.93. The van der Waals surface area contributed by atoms with E-state index in [1.165, 1.54) is 5.69 Å². The van der Waals surface area contributed by atoms with E-state index in [1.807, 2.05) is 12.3 Å². The molecule has 1 heterocycles. The fraction of sp³-hybridized carbons (Fsp3) is 0.636. The van der Waals surface area contributed by atoms with E-state index in [0.29, 0.717) is 6.04 Å². The Balaban J connectivity index is 2.25. The number of hydrogen-bond acceptors (Lipinski definition) is 2. The van der Waals surface area contributed by atoms with Gasteiger partial charge in [0.05, 0.1) is 12.6 Å². The van der Waals surface area contributed by atoms with E-state index in [2.05, 4.69) is 30.0 Å². The molecule has 0 saturated heterocycles. The monoisotopic (exact) mass is 194 g/mol. The van der Waals surface area contributed by atoms with Gasteiger partial charge in [-0.3, -0.25) is 0 Å². The molecule has 0 spiro atoms. The number of nitrogens with zero attached hydrogens (tertiary/aromatic N) is 1. The average molecular weight is 194 g/mol. The van der Waals surface area contributed by atoms with Crippen LogP contribution in [-0.2, 0) is 0 Å². The SMILES string of the molecule is CN(C)C(c1ccc[nH]1)C1(CO)CC1. The summed E-state index contributed by atoms with van der Waals surface area (Å²) in [4.78, 5) is 5.44. The molecule has 1 aromatic rings. The molecule has 0 aromatic carbocycles. The van der Waals surface area contributed by atoms with Gasteiger partial charge in [-0.2, -0.15) is 0 Å². The number of aromatic nitrogens is 1. The van der Waals surface area contributed by atoms with Gasteiger partial charge in [-0.1, -0.05) is 0 Å². The van der Waals surface area contributed by atoms with Gasteiger partial charge >= 0.3 is 0 Å². The van der Waals surface area contributed by atoms with Crippen LogP contribution in [0.25, 0.3) is 0 Å². The lowest BCUT2D eigenvalue weighted by molar-refractivity contribution is 0.113. The van der Waals surface area contributed by atoms with Crippen molar-refractivity contribution in [2.24, 2.45) is 5.41 Å². The summed E-state index contributed by atoms with van der Waals surface area (Å²) < 4.78 is 0. The Morgan fingerprint density at radius 2 is 2.29 bits per heavy atom. The maximum Gasteiger partial charge on any atom is 0.0572 e. The molecule has 0 aliphatic heterocycles. The van der Waals surface area contributed by atoms with Crippen molar-refractivity contribution >= 4 is 0 Å². The highest BCUT2D eigenvalue weighted by Gasteiger charge is 2.50. The molecule has 2 rings (SSSR count). The fourth-order valence-corrected chi connectivity index (χ4v) is 2.35. The highest BCUT2D eigenvalue weighted by molar-refractivity contribution is 5.17. The lowest BCUT2D eigenvalue weighted by Crippen LogP contribution is -2.31. The second-order valence-electron chi connectivity index (χ2n) is 4.51. The predicted molar refractivity (Wildman–Crippen MR) is 56.0 cm³/mol. The maximum absolute atomic E-state index is 9.43. The average Bonchev–Trinajstić information content (AvgIpc) is 2.73. The van der Waals surface area contributed by atoms with Gasteiger partial charge in [-0.25, -0.2) is 0 Å². The van der Waals surface area contributed by atoms with Crippen LogP contribution in [0.4, 0.5) is 0 Å². The first kappa shape index (κ1) is 9.74. The van der Waals surface area contributed by atoms with Crippen molar-refractivity contribution in [1.82, 2.24) is 9.88 Å². The zero-order valence-electron chi connectivity index (χ0n) is 8.83. The van der Waals surface area contributed by atoms with Crippen molar-refractivity contribution in [3.63, 3.8) is 0 Å². The molecule has 0 radical (unpaired) electrons. The van der Waals surface area contributed by atoms with E-state index in [9.17, 15) is 5.11 Å². The standard InChI is InChI=1S/C11H18N2O/c1-13(2)10(9-4-3-7-12-9)11(8-14)5-6-11/h3-4,7,10,12,14H,5-6,8H2,1-2H3. The summed E-state index contributed by atoms with van der Waals surface area (Å²) in [5.74, 6) is 0. The third-order valence-corrected chi connectivity index (χ3v) is 3.22. The second kappa shape index (κ2) is 3.41. The summed E-state index contributed by atoms with van der Waals surface area (Å²) in [5.41, 5.74) is 1.32. The van der Waals surface area contributed by atoms with E-state index in [0.717, 1.165) is 12.8 Å². The van der Waals surface area contributed by atoms with Crippen LogP contribution in [-0.4, -0.2) is 35.7 Å². The summed E-state index contributed by atoms with van der Waals surface area (Å²) in [5, 5.41) is 9.43. The summed E-state index contributed by atoms with van der Waals surface area (Å²) in [6.45, 7) is 0.287. The molecule has 1 fully saturated rings. The quantitative estimate of drug-likeness (QED) is 0.760. The summed E-state index contributed by atoms with van der Waals surface area (Å²) in [6, 6.07) is 4.43. The summed E-state index contributed by atoms with van der Waals surface area (Å²) in [6.07, 6.45) is 4.20. The molecule has 0 bridgehead atoms. The van der Waals surface area contributed by atoms with Crippen LogP contribution in [0, 0.1) is 5.41 Å². The predicted octanol–water partition coefficient (Wildman–Crippen LogP) is 1.39. The van der Waals surface area contributed by atoms with Crippen molar-refractivity contribution < 1.29 is 5.11 Å². The minimum Gasteiger partial charge on any atom is -0.396 e. The Hall–Kier alpha value is -0.800. The fourth-order valence-electron chi connectivity index (χ4n) is 2.35. The molecule has 1 aliphatic rings. The van der Waals surface area contributed by atoms with Crippen molar-refractivity contribution in [2.75, 3.05) is 20.7 Å². The summed E-state index contributed by atoms with van der Waals surface area (Å²) >= 11 is 0. The van der Waals surface area contributed by atoms with Gasteiger partial charge in [-0.05, 0) is 39.1 Å². The Morgan fingerprint density at radius 1 is 1.57 bits per heavy atom. The zero-order chi connectivity index (χ0) is 10.2. The molecule has 3 heteroatoms. The van der Waals surface area contributed by atoms with Crippen LogP contribution in [0.5, 0.6) is 0 Å². The molecule has 1 atom stereocenters. The molecular weight excluding hydrogens is 176 g/mol. The summed E-state index contributed by atoms with van der Waals surface area (Å²) in [7, 11) is 4.14. The van der Waals surface area contributed by atoms with Crippen molar-refractivity contribution in [1.29, 1.82) is 0 Å². The van der Waals surface area contributed by atoms with Crippen molar-refractivity contribution in [3.05, 3.63) is 24.0 Å². The van der Waals surface area contributed by atoms with E-state index in [1.54, 1.807) is 0 Å². The van der Waals surface area contributed by atoms with Gasteiger partial charge in [0.15, 0.2) is 0 Å². The first-order valence-corrected chi connectivity index (χ1v) is 5.10. The normalized spacial score (nSPS) is 21.1. The molecule has 3 nitrogen and oxygen atoms in total. The zero-order valence-corrected chi connectivity index (χ0v) is 8.83. The molecule has 14 heavy (non-hydrogen) atoms. The third kappa shape index (κ3) is 1.47. The van der Waals surface area contributed by atoms with Gasteiger partial charge in [0.1, 0.15) is 0 Å². The molecule has 78 valence electrons. The highest BCUT2D eigenvalue weighted by atomic mass is 16.3. The van der Waals surface area contributed by atoms with Gasteiger partial charge in [0, 0.05) is 17.3 Å². The second-order valence-corrected chi connectivity index (χ2v) is 4.51. The van der Waals surface area contributed by atoms with E-state index in [4.69, 9.17) is 0 Å². The van der Waals surface area contributed by atoms with E-state index >= 15 is 0 Å². The van der Waals surface area contributed by atoms with Crippen LogP contribution < -0.4 is 0 Å². The topological polar surface area (TPSA) is 39.3 Å². The van der Waals surface area contributed by atoms with Gasteiger partial charge in [0.2, 0.25) is 0 Å². The van der Waals surface area contributed by atoms with Crippen molar-refractivity contribution in [3.8, 4) is 0 Å². The number of nitrogens with one attached hydrogen (secondary N) is 1. The van der Waals surface area contributed by atoms with Crippen LogP contribution in [0.3, 0.4) is 0 Å². The smallest absolute Gasteiger partial charge is 0.0572 e. The third-order valence-electron chi connectivity index (χ3n) is 3.22. The Morgan fingerprint density at radius 3 is 2.64 bits per heavy atom. The van der Waals surface area contributed by atoms with Gasteiger partial charge in [-0.15, -0.1) is 0 Å². The molecule has 2 N–H and O–H groups in total. The minimum atomic E-state index is 0.106. The number of hydrogen-bond donors (Lipinski definition) is 2. The van der Waals surface area contributed by atoms with Crippen LogP contribution >= 0.6 is 0 Å². The first-order chi connectivity index (χ1) is 6.69. The Bertz CT molecular complexity index is 288. The molecule has 1 aliphatic carbocycles. The number of rotatable bonds is 4. The van der Waals surface area contributed by atoms with Crippen molar-refractivity contribution in [2.45, 2.75) is 18.9 Å². The molecular formula is C11H18N2O. The van der Waals surface area contributed by atoms with Gasteiger partial charge in [0.25, 0.3) is 0 Å².